The molecular weight excluding hydrogens is 1250 g/mol. The van der Waals surface area contributed by atoms with Gasteiger partial charge in [-0.2, -0.15) is 0 Å². The predicted octanol–water partition coefficient (Wildman–Crippen LogP) is -5.53. The zero-order valence-corrected chi connectivity index (χ0v) is 49.6. The number of carbonyl (C=O) groups is 4. The number of esters is 4. The van der Waals surface area contributed by atoms with Gasteiger partial charge in [0.15, 0.2) is 60.4 Å². The number of methoxy groups -OCH3 is 2. The molecule has 15 N–H and O–H groups in total. The van der Waals surface area contributed by atoms with Crippen molar-refractivity contribution >= 4 is 36.0 Å². The third-order valence-corrected chi connectivity index (χ3v) is 15.5. The van der Waals surface area contributed by atoms with E-state index in [2.05, 4.69) is 0 Å². The van der Waals surface area contributed by atoms with E-state index in [1.165, 1.54) is 87.0 Å². The van der Waals surface area contributed by atoms with Crippen LogP contribution in [-0.2, 0) is 76.0 Å². The van der Waals surface area contributed by atoms with E-state index in [1.807, 2.05) is 0 Å². The van der Waals surface area contributed by atoms with E-state index >= 15 is 0 Å². The molecule has 0 aromatic heterocycles. The van der Waals surface area contributed by atoms with E-state index in [-0.39, 0.29) is 39.7 Å². The number of rotatable bonds is 25. The smallest absolute Gasteiger partial charge is 0.338 e. The van der Waals surface area contributed by atoms with Gasteiger partial charge in [0.2, 0.25) is 5.79 Å². The summed E-state index contributed by atoms with van der Waals surface area (Å²) >= 11 is 0. The van der Waals surface area contributed by atoms with Gasteiger partial charge in [0.1, 0.15) is 117 Å². The average molecular weight is 1330 g/mol. The van der Waals surface area contributed by atoms with E-state index in [0.717, 1.165) is 19.1 Å². The van der Waals surface area contributed by atoms with Crippen LogP contribution in [-0.4, -0.2) is 301 Å². The van der Waals surface area contributed by atoms with E-state index < -0.39 is 210 Å². The third-order valence-electron chi connectivity index (χ3n) is 15.5. The maximum absolute atomic E-state index is 14.3. The highest BCUT2D eigenvalue weighted by Gasteiger charge is 2.64. The molecule has 8 rings (SSSR count). The van der Waals surface area contributed by atoms with Gasteiger partial charge in [-0.15, -0.1) is 0 Å². The van der Waals surface area contributed by atoms with Gasteiger partial charge < -0.3 is 148 Å². The third kappa shape index (κ3) is 16.7. The Labute approximate surface area is 527 Å². The van der Waals surface area contributed by atoms with Gasteiger partial charge in [-0.05, 0) is 59.7 Å². The molecule has 0 radical (unpaired) electrons. The Bertz CT molecular complexity index is 3020. The second kappa shape index (κ2) is 32.2. The first-order valence-electron chi connectivity index (χ1n) is 28.8. The fourth-order valence-corrected chi connectivity index (χ4v) is 10.6. The summed E-state index contributed by atoms with van der Waals surface area (Å²) in [5.74, 6) is -8.33. The molecule has 0 amide bonds. The van der Waals surface area contributed by atoms with Crippen molar-refractivity contribution < 1.29 is 167 Å². The molecule has 3 aromatic carbocycles. The van der Waals surface area contributed by atoms with Crippen molar-refractivity contribution in [3.05, 3.63) is 95.6 Å². The highest BCUT2D eigenvalue weighted by molar-refractivity contribution is 5.90. The summed E-state index contributed by atoms with van der Waals surface area (Å²) in [4.78, 5) is 55.1. The minimum absolute atomic E-state index is 0.00850. The summed E-state index contributed by atoms with van der Waals surface area (Å²) in [6.07, 6.45) is -45.1. The molecule has 5 aliphatic rings. The molecule has 0 saturated carbocycles. The highest BCUT2D eigenvalue weighted by atomic mass is 16.8. The number of phenolic OH excluding ortho intramolecular Hbond substituents is 2. The summed E-state index contributed by atoms with van der Waals surface area (Å²) in [6.45, 7) is -5.62. The zero-order valence-electron chi connectivity index (χ0n) is 49.6. The number of aromatic hydroxyl groups is 2. The molecule has 0 spiro atoms. The van der Waals surface area contributed by atoms with Gasteiger partial charge in [-0.25, -0.2) is 14.4 Å². The van der Waals surface area contributed by atoms with Gasteiger partial charge in [0.25, 0.3) is 0 Å². The molecule has 24 unspecified atom stereocenters. The van der Waals surface area contributed by atoms with Crippen LogP contribution in [0.1, 0.15) is 28.4 Å². The number of benzene rings is 3. The Morgan fingerprint density at radius 1 is 0.495 bits per heavy atom. The first-order chi connectivity index (χ1) is 44.4. The molecule has 24 atom stereocenters. The van der Waals surface area contributed by atoms with Gasteiger partial charge in [0.05, 0.1) is 46.2 Å². The summed E-state index contributed by atoms with van der Waals surface area (Å²) < 4.78 is 88.4. The molecule has 514 valence electrons. The van der Waals surface area contributed by atoms with Crippen LogP contribution in [0.25, 0.3) is 12.2 Å². The first-order valence-corrected chi connectivity index (χ1v) is 28.8. The SMILES string of the molecule is COc1cc(C=CC(=O)OCC2(OC3OC(COC(C)=O)C(OC(=O)C=Cc4ccc(O)c(OC)c4)C(OC4OC(CO)C(OC5OC(CO)C(O)C(O)C5O)C(O)C4O)C3OC3OC(CO)C(O)C(O)C3O)OC(CO)C(O)C2OC(=O)c2ccccc2)ccc1O. The number of carbonyl (C=O) groups excluding carboxylic acids is 4. The molecule has 3 aromatic rings. The topological polar surface area (TPSA) is 510 Å². The van der Waals surface area contributed by atoms with Crippen molar-refractivity contribution in [3.63, 3.8) is 0 Å². The molecular formula is C59H74O34. The van der Waals surface area contributed by atoms with E-state index in [9.17, 15) is 95.8 Å². The zero-order chi connectivity index (χ0) is 67.6. The summed E-state index contributed by atoms with van der Waals surface area (Å²) in [6, 6.07) is 14.9. The van der Waals surface area contributed by atoms with Crippen molar-refractivity contribution in [2.24, 2.45) is 0 Å². The lowest BCUT2D eigenvalue weighted by atomic mass is 9.95. The minimum Gasteiger partial charge on any atom is -0.504 e. The van der Waals surface area contributed by atoms with Crippen LogP contribution >= 0.6 is 0 Å². The normalized spacial score (nSPS) is 36.3. The number of aliphatic hydroxyl groups excluding tert-OH is 13. The lowest BCUT2D eigenvalue weighted by Gasteiger charge is -2.51. The van der Waals surface area contributed by atoms with E-state index in [4.69, 9.17) is 71.1 Å². The predicted molar refractivity (Wildman–Crippen MR) is 301 cm³/mol. The van der Waals surface area contributed by atoms with Crippen LogP contribution in [0, 0.1) is 0 Å². The largest absolute Gasteiger partial charge is 0.504 e. The Balaban J connectivity index is 1.27. The fraction of sp³-hybridized carbons (Fsp3) is 0.559. The van der Waals surface area contributed by atoms with Crippen molar-refractivity contribution in [2.75, 3.05) is 53.9 Å². The van der Waals surface area contributed by atoms with Crippen LogP contribution < -0.4 is 9.47 Å². The van der Waals surface area contributed by atoms with Crippen LogP contribution in [0.5, 0.6) is 23.0 Å². The number of aliphatic hydroxyl groups is 13. The molecule has 34 heteroatoms. The molecule has 5 aliphatic heterocycles. The quantitative estimate of drug-likeness (QED) is 0.0214. The summed E-state index contributed by atoms with van der Waals surface area (Å²) in [7, 11) is 2.52. The second-order valence-electron chi connectivity index (χ2n) is 21.7. The van der Waals surface area contributed by atoms with Gasteiger partial charge >= 0.3 is 23.9 Å². The molecule has 93 heavy (non-hydrogen) atoms. The Morgan fingerprint density at radius 2 is 0.978 bits per heavy atom. The second-order valence-corrected chi connectivity index (χ2v) is 21.7. The fourth-order valence-electron chi connectivity index (χ4n) is 10.6. The molecule has 5 saturated heterocycles. The monoisotopic (exact) mass is 1330 g/mol. The van der Waals surface area contributed by atoms with E-state index in [1.54, 1.807) is 6.07 Å². The van der Waals surface area contributed by atoms with Crippen molar-refractivity contribution in [2.45, 2.75) is 154 Å². The number of hydrogen-bond donors (Lipinski definition) is 15. The summed E-state index contributed by atoms with van der Waals surface area (Å²) in [5.41, 5.74) is 0.342. The lowest BCUT2D eigenvalue weighted by molar-refractivity contribution is -0.423. The Kier molecular flexibility index (Phi) is 25.0. The average Bonchev–Trinajstić information content (AvgIpc) is 1.72. The van der Waals surface area contributed by atoms with Gasteiger partial charge in [-0.3, -0.25) is 4.79 Å². The van der Waals surface area contributed by atoms with Crippen LogP contribution in [0.3, 0.4) is 0 Å². The molecule has 0 aliphatic carbocycles. The molecule has 34 nitrogen and oxygen atoms in total. The maximum atomic E-state index is 14.3. The van der Waals surface area contributed by atoms with Crippen LogP contribution in [0.2, 0.25) is 0 Å². The highest BCUT2D eigenvalue weighted by Crippen LogP contribution is 2.43. The minimum atomic E-state index is -3.01. The van der Waals surface area contributed by atoms with E-state index in [0.29, 0.717) is 0 Å². The van der Waals surface area contributed by atoms with Gasteiger partial charge in [-0.1, -0.05) is 30.3 Å². The number of phenols is 2. The van der Waals surface area contributed by atoms with Gasteiger partial charge in [0, 0.05) is 19.1 Å². The van der Waals surface area contributed by atoms with Crippen LogP contribution in [0.4, 0.5) is 0 Å². The molecule has 5 heterocycles. The number of hydrogen-bond acceptors (Lipinski definition) is 34. The number of ether oxygens (including phenoxy) is 15. The van der Waals surface area contributed by atoms with Crippen molar-refractivity contribution in [3.8, 4) is 23.0 Å². The Morgan fingerprint density at radius 3 is 1.49 bits per heavy atom. The summed E-state index contributed by atoms with van der Waals surface area (Å²) in [5, 5.41) is 164. The lowest BCUT2D eigenvalue weighted by Crippen LogP contribution is -2.69. The molecule has 5 fully saturated rings. The maximum Gasteiger partial charge on any atom is 0.338 e. The van der Waals surface area contributed by atoms with Crippen molar-refractivity contribution in [1.82, 2.24) is 0 Å². The Hall–Kier alpha value is -6.66. The van der Waals surface area contributed by atoms with Crippen molar-refractivity contribution in [1.29, 1.82) is 0 Å². The molecule has 0 bridgehead atoms. The van der Waals surface area contributed by atoms with Crippen LogP contribution in [0.15, 0.2) is 78.9 Å². The first kappa shape index (κ1) is 72.2. The standard InChI is InChI=1S/C59H74O34/c1-25(64)81-23-37-50(87-39(68)16-12-27-10-14-30(66)32(18-27)80-3)51(89-57-48(77)45(74)49(36(22-63)85-57)88-55-46(75)43(72)40(69)33(19-60)83-55)52(90-56-47(76)44(73)41(70)34(20-61)84-56)58(86-37)93-59(24-82-38(67)15-11-26-9-13-29(65)31(17-26)79-2)53(42(71)35(21-62)92-59)91-54(78)28-7-5-4-6-8-28/h4-18,33-37,40-53,55-58,60-63,65-66,69-77H,19-24H2,1-3H3.